The van der Waals surface area contributed by atoms with E-state index >= 15 is 0 Å². The van der Waals surface area contributed by atoms with Gasteiger partial charge in [0.25, 0.3) is 5.91 Å². The van der Waals surface area contributed by atoms with Crippen molar-refractivity contribution < 1.29 is 27.4 Å². The van der Waals surface area contributed by atoms with Crippen LogP contribution in [0.2, 0.25) is 0 Å². The largest absolute Gasteiger partial charge is 0.454 e. The fourth-order valence-electron chi connectivity index (χ4n) is 4.42. The van der Waals surface area contributed by atoms with E-state index in [0.29, 0.717) is 44.2 Å². The summed E-state index contributed by atoms with van der Waals surface area (Å²) in [6.07, 6.45) is 1.51. The number of ether oxygens (including phenoxy) is 3. The smallest absolute Gasteiger partial charge is 0.251 e. The molecule has 1 amide bonds. The van der Waals surface area contributed by atoms with Gasteiger partial charge in [-0.15, -0.1) is 0 Å². The highest BCUT2D eigenvalue weighted by molar-refractivity contribution is 7.89. The van der Waals surface area contributed by atoms with Gasteiger partial charge in [0.15, 0.2) is 11.5 Å². The Morgan fingerprint density at radius 3 is 2.48 bits per heavy atom. The summed E-state index contributed by atoms with van der Waals surface area (Å²) in [6, 6.07) is 12.1. The predicted octanol–water partition coefficient (Wildman–Crippen LogP) is 2.92. The molecule has 0 aromatic heterocycles. The van der Waals surface area contributed by atoms with Crippen LogP contribution in [0, 0.1) is 0 Å². The van der Waals surface area contributed by atoms with Crippen molar-refractivity contribution >= 4 is 15.9 Å². The Morgan fingerprint density at radius 2 is 1.76 bits per heavy atom. The molecule has 2 aromatic carbocycles. The molecule has 0 unspecified atom stereocenters. The first-order valence-corrected chi connectivity index (χ1v) is 12.7. The minimum atomic E-state index is -3.64. The third-order valence-electron chi connectivity index (χ3n) is 6.46. The van der Waals surface area contributed by atoms with Crippen molar-refractivity contribution in [3.05, 3.63) is 53.6 Å². The molecule has 2 aliphatic rings. The first-order chi connectivity index (χ1) is 15.9. The molecule has 4 rings (SSSR count). The Kier molecular flexibility index (Phi) is 6.92. The van der Waals surface area contributed by atoms with Crippen LogP contribution in [0.1, 0.15) is 42.6 Å². The molecule has 8 nitrogen and oxygen atoms in total. The van der Waals surface area contributed by atoms with E-state index in [1.165, 1.54) is 16.4 Å². The van der Waals surface area contributed by atoms with Gasteiger partial charge in [-0.3, -0.25) is 4.79 Å². The minimum absolute atomic E-state index is 0.121. The second-order valence-electron chi connectivity index (χ2n) is 8.26. The van der Waals surface area contributed by atoms with E-state index in [-0.39, 0.29) is 23.0 Å². The average molecular weight is 475 g/mol. The Balaban J connectivity index is 1.54. The Bertz CT molecular complexity index is 1110. The van der Waals surface area contributed by atoms with Crippen molar-refractivity contribution in [2.24, 2.45) is 0 Å². The summed E-state index contributed by atoms with van der Waals surface area (Å²) in [4.78, 5) is 13.2. The van der Waals surface area contributed by atoms with Crippen LogP contribution in [0.25, 0.3) is 0 Å². The van der Waals surface area contributed by atoms with Gasteiger partial charge in [-0.25, -0.2) is 8.42 Å². The highest BCUT2D eigenvalue weighted by Crippen LogP contribution is 2.40. The maximum Gasteiger partial charge on any atom is 0.251 e. The second kappa shape index (κ2) is 9.70. The quantitative estimate of drug-likeness (QED) is 0.632. The summed E-state index contributed by atoms with van der Waals surface area (Å²) < 4.78 is 43.7. The highest BCUT2D eigenvalue weighted by Gasteiger charge is 2.36. The summed E-state index contributed by atoms with van der Waals surface area (Å²) in [7, 11) is -3.64. The number of fused-ring (bicyclic) bond motifs is 1. The van der Waals surface area contributed by atoms with E-state index < -0.39 is 10.0 Å². The fraction of sp³-hybridized carbons (Fsp3) is 0.458. The predicted molar refractivity (Wildman–Crippen MR) is 123 cm³/mol. The van der Waals surface area contributed by atoms with Crippen LogP contribution in [0.3, 0.4) is 0 Å². The number of nitrogens with one attached hydrogen (secondary N) is 1. The van der Waals surface area contributed by atoms with Crippen LogP contribution in [0.15, 0.2) is 47.4 Å². The Hall–Kier alpha value is -2.62. The third kappa shape index (κ3) is 4.71. The van der Waals surface area contributed by atoms with Gasteiger partial charge in [0.1, 0.15) is 0 Å². The monoisotopic (exact) mass is 474 g/mol. The van der Waals surface area contributed by atoms with E-state index in [1.807, 2.05) is 18.2 Å². The van der Waals surface area contributed by atoms with Crippen molar-refractivity contribution in [2.45, 2.75) is 37.0 Å². The zero-order valence-electron chi connectivity index (χ0n) is 19.0. The van der Waals surface area contributed by atoms with Gasteiger partial charge in [0.05, 0.1) is 4.90 Å². The molecule has 1 fully saturated rings. The standard InChI is InChI=1S/C24H30N2O6S/c1-3-26(4-2)33(28,29)20-7-5-6-18(14-20)23(27)25-16-24(10-12-30-13-11-24)19-8-9-21-22(15-19)32-17-31-21/h5-9,14-15H,3-4,10-13,16-17H2,1-2H3,(H,25,27). The van der Waals surface area contributed by atoms with Gasteiger partial charge in [-0.1, -0.05) is 26.0 Å². The van der Waals surface area contributed by atoms with Gasteiger partial charge in [-0.05, 0) is 48.7 Å². The van der Waals surface area contributed by atoms with Gasteiger partial charge < -0.3 is 19.5 Å². The first kappa shape index (κ1) is 23.5. The van der Waals surface area contributed by atoms with E-state index in [0.717, 1.165) is 24.2 Å². The van der Waals surface area contributed by atoms with Crippen molar-refractivity contribution in [2.75, 3.05) is 39.6 Å². The molecule has 0 bridgehead atoms. The maximum atomic E-state index is 13.0. The topological polar surface area (TPSA) is 94.2 Å². The van der Waals surface area contributed by atoms with E-state index in [4.69, 9.17) is 14.2 Å². The number of benzene rings is 2. The highest BCUT2D eigenvalue weighted by atomic mass is 32.2. The van der Waals surface area contributed by atoms with Crippen molar-refractivity contribution in [3.63, 3.8) is 0 Å². The van der Waals surface area contributed by atoms with Gasteiger partial charge in [0, 0.05) is 43.8 Å². The SMILES string of the molecule is CCN(CC)S(=O)(=O)c1cccc(C(=O)NCC2(c3ccc4c(c3)OCO4)CCOCC2)c1. The summed E-state index contributed by atoms with van der Waals surface area (Å²) in [6.45, 7) is 6.14. The molecule has 2 aromatic rings. The molecule has 0 saturated carbocycles. The van der Waals surface area contributed by atoms with Gasteiger partial charge >= 0.3 is 0 Å². The number of amides is 1. The molecular formula is C24H30N2O6S. The van der Waals surface area contributed by atoms with Crippen molar-refractivity contribution in [1.82, 2.24) is 9.62 Å². The van der Waals surface area contributed by atoms with Gasteiger partial charge in [-0.2, -0.15) is 4.31 Å². The lowest BCUT2D eigenvalue weighted by atomic mass is 9.74. The Morgan fingerprint density at radius 1 is 1.03 bits per heavy atom. The van der Waals surface area contributed by atoms with Crippen molar-refractivity contribution in [3.8, 4) is 11.5 Å². The third-order valence-corrected chi connectivity index (χ3v) is 8.51. The van der Waals surface area contributed by atoms with Crippen LogP contribution in [0.5, 0.6) is 11.5 Å². The fourth-order valence-corrected chi connectivity index (χ4v) is 5.92. The number of hydrogen-bond acceptors (Lipinski definition) is 6. The van der Waals surface area contributed by atoms with Crippen molar-refractivity contribution in [1.29, 1.82) is 0 Å². The molecule has 0 spiro atoms. The molecule has 2 heterocycles. The molecule has 1 N–H and O–H groups in total. The lowest BCUT2D eigenvalue weighted by Crippen LogP contribution is -2.44. The van der Waals surface area contributed by atoms with E-state index in [9.17, 15) is 13.2 Å². The molecule has 2 aliphatic heterocycles. The van der Waals surface area contributed by atoms with Crippen LogP contribution >= 0.6 is 0 Å². The molecule has 178 valence electrons. The molecule has 0 aliphatic carbocycles. The number of rotatable bonds is 8. The molecule has 33 heavy (non-hydrogen) atoms. The number of carbonyl (C=O) groups excluding carboxylic acids is 1. The number of carbonyl (C=O) groups is 1. The molecule has 0 atom stereocenters. The van der Waals surface area contributed by atoms with Gasteiger partial charge in [0.2, 0.25) is 16.8 Å². The summed E-state index contributed by atoms with van der Waals surface area (Å²) >= 11 is 0. The number of nitrogens with zero attached hydrogens (tertiary/aromatic N) is 1. The minimum Gasteiger partial charge on any atom is -0.454 e. The van der Waals surface area contributed by atoms with E-state index in [1.54, 1.807) is 26.0 Å². The van der Waals surface area contributed by atoms with E-state index in [2.05, 4.69) is 5.32 Å². The second-order valence-corrected chi connectivity index (χ2v) is 10.2. The van der Waals surface area contributed by atoms with Crippen LogP contribution in [-0.4, -0.2) is 58.3 Å². The molecule has 9 heteroatoms. The number of hydrogen-bond donors (Lipinski definition) is 1. The van der Waals surface area contributed by atoms with Crippen LogP contribution in [-0.2, 0) is 20.2 Å². The zero-order valence-corrected chi connectivity index (χ0v) is 19.8. The molecule has 1 saturated heterocycles. The summed E-state index contributed by atoms with van der Waals surface area (Å²) in [5, 5.41) is 3.04. The Labute approximate surface area is 194 Å². The first-order valence-electron chi connectivity index (χ1n) is 11.3. The molecule has 0 radical (unpaired) electrons. The normalized spacial score (nSPS) is 17.2. The summed E-state index contributed by atoms with van der Waals surface area (Å²) in [5.74, 6) is 1.12. The van der Waals surface area contributed by atoms with Crippen LogP contribution in [0.4, 0.5) is 0 Å². The van der Waals surface area contributed by atoms with Crippen LogP contribution < -0.4 is 14.8 Å². The lowest BCUT2D eigenvalue weighted by molar-refractivity contribution is 0.0486. The summed E-state index contributed by atoms with van der Waals surface area (Å²) in [5.41, 5.74) is 1.07. The average Bonchev–Trinajstić information content (AvgIpc) is 3.32. The zero-order chi connectivity index (χ0) is 23.5. The lowest BCUT2D eigenvalue weighted by Gasteiger charge is -2.38. The maximum absolute atomic E-state index is 13.0. The number of sulfonamides is 1. The molecular weight excluding hydrogens is 444 g/mol.